The monoisotopic (exact) mass is 326 g/mol. The van der Waals surface area contributed by atoms with Crippen LogP contribution in [0.5, 0.6) is 0 Å². The van der Waals surface area contributed by atoms with Gasteiger partial charge >= 0.3 is 5.97 Å². The van der Waals surface area contributed by atoms with Crippen molar-refractivity contribution in [1.29, 1.82) is 0 Å². The van der Waals surface area contributed by atoms with Gasteiger partial charge in [-0.1, -0.05) is 18.2 Å². The van der Waals surface area contributed by atoms with Gasteiger partial charge in [-0.2, -0.15) is 11.3 Å². The SMILES string of the molecule is O=C(O)CCn1c(C=Cc2ccsc2)nc2ccccc2c1=O. The molecule has 0 bridgehead atoms. The Morgan fingerprint density at radius 2 is 2.09 bits per heavy atom. The van der Waals surface area contributed by atoms with Crippen molar-refractivity contribution in [3.8, 4) is 0 Å². The van der Waals surface area contributed by atoms with Crippen LogP contribution in [0.2, 0.25) is 0 Å². The highest BCUT2D eigenvalue weighted by atomic mass is 32.1. The topological polar surface area (TPSA) is 72.2 Å². The molecule has 0 saturated heterocycles. The number of rotatable bonds is 5. The van der Waals surface area contributed by atoms with Gasteiger partial charge in [0.1, 0.15) is 5.82 Å². The first-order valence-electron chi connectivity index (χ1n) is 7.07. The zero-order valence-corrected chi connectivity index (χ0v) is 13.0. The minimum absolute atomic E-state index is 0.0926. The maximum atomic E-state index is 12.6. The quantitative estimate of drug-likeness (QED) is 0.782. The van der Waals surface area contributed by atoms with Crippen molar-refractivity contribution in [3.63, 3.8) is 0 Å². The molecule has 23 heavy (non-hydrogen) atoms. The van der Waals surface area contributed by atoms with Crippen LogP contribution in [0.4, 0.5) is 0 Å². The lowest BCUT2D eigenvalue weighted by atomic mass is 10.2. The van der Waals surface area contributed by atoms with Crippen LogP contribution < -0.4 is 5.56 Å². The van der Waals surface area contributed by atoms with Crippen molar-refractivity contribution in [2.75, 3.05) is 0 Å². The molecule has 2 aromatic heterocycles. The summed E-state index contributed by atoms with van der Waals surface area (Å²) in [5.41, 5.74) is 1.40. The molecule has 5 nitrogen and oxygen atoms in total. The molecule has 0 atom stereocenters. The minimum Gasteiger partial charge on any atom is -0.481 e. The van der Waals surface area contributed by atoms with Crippen molar-refractivity contribution < 1.29 is 9.90 Å². The molecule has 0 aliphatic heterocycles. The van der Waals surface area contributed by atoms with Gasteiger partial charge in [0.2, 0.25) is 0 Å². The van der Waals surface area contributed by atoms with Crippen LogP contribution in [0.25, 0.3) is 23.1 Å². The van der Waals surface area contributed by atoms with Crippen LogP contribution in [0.15, 0.2) is 45.9 Å². The Morgan fingerprint density at radius 1 is 1.26 bits per heavy atom. The number of hydrogen-bond acceptors (Lipinski definition) is 4. The molecule has 0 aliphatic rings. The van der Waals surface area contributed by atoms with Crippen molar-refractivity contribution in [2.24, 2.45) is 0 Å². The number of hydrogen-bond donors (Lipinski definition) is 1. The minimum atomic E-state index is -0.946. The molecule has 0 aliphatic carbocycles. The maximum absolute atomic E-state index is 12.6. The molecular formula is C17H14N2O3S. The van der Waals surface area contributed by atoms with Gasteiger partial charge in [0.25, 0.3) is 5.56 Å². The molecule has 0 radical (unpaired) electrons. The summed E-state index contributed by atoms with van der Waals surface area (Å²) in [6.07, 6.45) is 3.49. The lowest BCUT2D eigenvalue weighted by Gasteiger charge is -2.10. The first-order chi connectivity index (χ1) is 11.1. The van der Waals surface area contributed by atoms with Gasteiger partial charge in [-0.05, 0) is 40.6 Å². The predicted molar refractivity (Wildman–Crippen MR) is 91.5 cm³/mol. The smallest absolute Gasteiger partial charge is 0.305 e. The number of para-hydroxylation sites is 1. The Hall–Kier alpha value is -2.73. The third kappa shape index (κ3) is 3.37. The molecule has 1 N–H and O–H groups in total. The fourth-order valence-electron chi connectivity index (χ4n) is 2.28. The number of nitrogens with zero attached hydrogens (tertiary/aromatic N) is 2. The summed E-state index contributed by atoms with van der Waals surface area (Å²) in [5.74, 6) is -0.487. The van der Waals surface area contributed by atoms with E-state index in [0.29, 0.717) is 16.7 Å². The van der Waals surface area contributed by atoms with Crippen LogP contribution in [0.1, 0.15) is 17.8 Å². The molecule has 0 unspecified atom stereocenters. The van der Waals surface area contributed by atoms with Crippen LogP contribution in [0.3, 0.4) is 0 Å². The number of fused-ring (bicyclic) bond motifs is 1. The first kappa shape index (κ1) is 15.2. The van der Waals surface area contributed by atoms with Gasteiger partial charge in [-0.3, -0.25) is 14.2 Å². The van der Waals surface area contributed by atoms with Crippen LogP contribution in [0, 0.1) is 0 Å². The molecule has 116 valence electrons. The molecule has 0 spiro atoms. The largest absolute Gasteiger partial charge is 0.481 e. The Bertz CT molecular complexity index is 927. The van der Waals surface area contributed by atoms with E-state index in [1.807, 2.05) is 29.0 Å². The zero-order valence-electron chi connectivity index (χ0n) is 12.2. The van der Waals surface area contributed by atoms with Gasteiger partial charge in [0.05, 0.1) is 17.3 Å². The Kier molecular flexibility index (Phi) is 4.34. The normalized spacial score (nSPS) is 11.3. The summed E-state index contributed by atoms with van der Waals surface area (Å²) in [7, 11) is 0. The van der Waals surface area contributed by atoms with Crippen LogP contribution in [-0.2, 0) is 11.3 Å². The Balaban J connectivity index is 2.11. The second-order valence-corrected chi connectivity index (χ2v) is 5.76. The van der Waals surface area contributed by atoms with E-state index in [-0.39, 0.29) is 18.5 Å². The van der Waals surface area contributed by atoms with E-state index < -0.39 is 5.97 Å². The second kappa shape index (κ2) is 6.58. The summed E-state index contributed by atoms with van der Waals surface area (Å²) in [6.45, 7) is 0.0926. The fourth-order valence-corrected chi connectivity index (χ4v) is 2.91. The highest BCUT2D eigenvalue weighted by Crippen LogP contribution is 2.13. The molecule has 3 aromatic rings. The van der Waals surface area contributed by atoms with Crippen LogP contribution >= 0.6 is 11.3 Å². The van der Waals surface area contributed by atoms with E-state index in [1.54, 1.807) is 35.6 Å². The van der Waals surface area contributed by atoms with E-state index in [2.05, 4.69) is 4.98 Å². The van der Waals surface area contributed by atoms with Gasteiger partial charge < -0.3 is 5.11 Å². The molecule has 3 rings (SSSR count). The predicted octanol–water partition coefficient (Wildman–Crippen LogP) is 3.10. The summed E-state index contributed by atoms with van der Waals surface area (Å²) in [6, 6.07) is 9.03. The van der Waals surface area contributed by atoms with Gasteiger partial charge in [0, 0.05) is 6.54 Å². The summed E-state index contributed by atoms with van der Waals surface area (Å²) >= 11 is 1.58. The molecular weight excluding hydrogens is 312 g/mol. The highest BCUT2D eigenvalue weighted by Gasteiger charge is 2.10. The van der Waals surface area contributed by atoms with Gasteiger partial charge in [-0.15, -0.1) is 0 Å². The maximum Gasteiger partial charge on any atom is 0.305 e. The number of aromatic nitrogens is 2. The highest BCUT2D eigenvalue weighted by molar-refractivity contribution is 7.08. The number of carboxylic acid groups (broad SMARTS) is 1. The number of carbonyl (C=O) groups is 1. The second-order valence-electron chi connectivity index (χ2n) is 4.98. The Labute approximate surface area is 136 Å². The third-order valence-electron chi connectivity index (χ3n) is 3.41. The Morgan fingerprint density at radius 3 is 2.83 bits per heavy atom. The molecule has 0 saturated carbocycles. The standard InChI is InChI=1S/C17H14N2O3S/c20-16(21)7-9-19-15(6-5-12-8-10-23-11-12)18-14-4-2-1-3-13(14)17(19)22/h1-6,8,10-11H,7,9H2,(H,20,21). The van der Waals surface area contributed by atoms with Crippen molar-refractivity contribution in [1.82, 2.24) is 9.55 Å². The number of aliphatic carboxylic acids is 1. The van der Waals surface area contributed by atoms with Crippen LogP contribution in [-0.4, -0.2) is 20.6 Å². The molecule has 0 fully saturated rings. The average molecular weight is 326 g/mol. The van der Waals surface area contributed by atoms with E-state index in [9.17, 15) is 9.59 Å². The third-order valence-corrected chi connectivity index (χ3v) is 4.11. The van der Waals surface area contributed by atoms with Gasteiger partial charge in [-0.25, -0.2) is 4.98 Å². The lowest BCUT2D eigenvalue weighted by Crippen LogP contribution is -2.25. The van der Waals surface area contributed by atoms with E-state index in [1.165, 1.54) is 4.57 Å². The summed E-state index contributed by atoms with van der Waals surface area (Å²) in [4.78, 5) is 28.0. The lowest BCUT2D eigenvalue weighted by molar-refractivity contribution is -0.137. The van der Waals surface area contributed by atoms with Crippen molar-refractivity contribution >= 4 is 40.4 Å². The summed E-state index contributed by atoms with van der Waals surface area (Å²) in [5, 5.41) is 13.3. The average Bonchev–Trinajstić information content (AvgIpc) is 3.05. The fraction of sp³-hybridized carbons (Fsp3) is 0.118. The van der Waals surface area contributed by atoms with E-state index >= 15 is 0 Å². The van der Waals surface area contributed by atoms with E-state index in [4.69, 9.17) is 5.11 Å². The molecule has 6 heteroatoms. The van der Waals surface area contributed by atoms with Crippen molar-refractivity contribution in [2.45, 2.75) is 13.0 Å². The van der Waals surface area contributed by atoms with Gasteiger partial charge in [0.15, 0.2) is 0 Å². The first-order valence-corrected chi connectivity index (χ1v) is 8.01. The molecule has 0 amide bonds. The summed E-state index contributed by atoms with van der Waals surface area (Å²) < 4.78 is 1.42. The number of carboxylic acids is 1. The molecule has 1 aromatic carbocycles. The molecule has 2 heterocycles. The zero-order chi connectivity index (χ0) is 16.2. The number of benzene rings is 1. The van der Waals surface area contributed by atoms with E-state index in [0.717, 1.165) is 5.56 Å². The van der Waals surface area contributed by atoms with Crippen molar-refractivity contribution in [3.05, 3.63) is 62.8 Å². The number of thiophene rings is 1.